The lowest BCUT2D eigenvalue weighted by atomic mass is 10.1. The quantitative estimate of drug-likeness (QED) is 0.845. The Bertz CT molecular complexity index is 605. The summed E-state index contributed by atoms with van der Waals surface area (Å²) in [5.74, 6) is -0.112. The molecule has 1 heterocycles. The molecule has 0 fully saturated rings. The summed E-state index contributed by atoms with van der Waals surface area (Å²) in [4.78, 5) is 15.8. The fourth-order valence-electron chi connectivity index (χ4n) is 1.59. The molecule has 0 bridgehead atoms. The minimum absolute atomic E-state index is 0.285. The number of benzene rings is 1. The van der Waals surface area contributed by atoms with E-state index >= 15 is 0 Å². The number of aromatic nitrogens is 1. The first-order valence-electron chi connectivity index (χ1n) is 5.49. The van der Waals surface area contributed by atoms with Gasteiger partial charge in [-0.1, -0.05) is 29.5 Å². The molecule has 1 aromatic carbocycles. The summed E-state index contributed by atoms with van der Waals surface area (Å²) in [6.45, 7) is 5.43. The molecule has 0 aliphatic rings. The van der Waals surface area contributed by atoms with Gasteiger partial charge in [0.2, 0.25) is 5.88 Å². The molecule has 0 saturated carbocycles. The summed E-state index contributed by atoms with van der Waals surface area (Å²) in [6.07, 6.45) is 0. The molecule has 2 aromatic rings. The number of nitrogens with zero attached hydrogens (tertiary/aromatic N) is 1. The van der Waals surface area contributed by atoms with Gasteiger partial charge >= 0.3 is 5.97 Å². The van der Waals surface area contributed by atoms with E-state index in [4.69, 9.17) is 10.5 Å². The number of nitrogen functional groups attached to an aromatic ring is 1. The van der Waals surface area contributed by atoms with Crippen LogP contribution >= 0.6 is 11.3 Å². The van der Waals surface area contributed by atoms with E-state index in [-0.39, 0.29) is 5.88 Å². The maximum absolute atomic E-state index is 11.0. The predicted molar refractivity (Wildman–Crippen MR) is 72.7 cm³/mol. The van der Waals surface area contributed by atoms with E-state index in [0.29, 0.717) is 5.13 Å². The fourth-order valence-corrected chi connectivity index (χ4v) is 2.35. The lowest BCUT2D eigenvalue weighted by Gasteiger charge is -2.05. The molecule has 0 aliphatic carbocycles. The first-order valence-corrected chi connectivity index (χ1v) is 6.31. The highest BCUT2D eigenvalue weighted by Gasteiger charge is 2.15. The molecule has 5 heteroatoms. The second kappa shape index (κ2) is 4.78. The Kier molecular flexibility index (Phi) is 3.34. The minimum atomic E-state index is -0.398. The number of thiazole rings is 1. The Labute approximate surface area is 109 Å². The van der Waals surface area contributed by atoms with E-state index < -0.39 is 5.97 Å². The number of carbonyl (C=O) groups excluding carboxylic acids is 1. The van der Waals surface area contributed by atoms with Gasteiger partial charge < -0.3 is 10.5 Å². The second-order valence-electron chi connectivity index (χ2n) is 4.08. The largest absolute Gasteiger partial charge is 0.406 e. The molecule has 0 saturated heterocycles. The van der Waals surface area contributed by atoms with Crippen LogP contribution in [0.15, 0.2) is 18.2 Å². The van der Waals surface area contributed by atoms with E-state index in [0.717, 1.165) is 10.4 Å². The minimum Gasteiger partial charge on any atom is -0.406 e. The number of nitrogens with two attached hydrogens (primary N) is 1. The highest BCUT2D eigenvalue weighted by Crippen LogP contribution is 2.37. The van der Waals surface area contributed by atoms with Crippen molar-refractivity contribution in [1.29, 1.82) is 0 Å². The highest BCUT2D eigenvalue weighted by atomic mass is 32.1. The smallest absolute Gasteiger partial charge is 0.309 e. The van der Waals surface area contributed by atoms with E-state index in [2.05, 4.69) is 4.98 Å². The van der Waals surface area contributed by atoms with E-state index in [1.165, 1.54) is 29.4 Å². The van der Waals surface area contributed by atoms with Gasteiger partial charge in [-0.05, 0) is 30.5 Å². The van der Waals surface area contributed by atoms with Gasteiger partial charge in [0.1, 0.15) is 4.88 Å². The van der Waals surface area contributed by atoms with Crippen molar-refractivity contribution in [3.8, 4) is 16.3 Å². The Morgan fingerprint density at radius 1 is 1.33 bits per heavy atom. The van der Waals surface area contributed by atoms with Crippen LogP contribution < -0.4 is 10.5 Å². The van der Waals surface area contributed by atoms with Crippen LogP contribution in [0.3, 0.4) is 0 Å². The lowest BCUT2D eigenvalue weighted by Crippen LogP contribution is -2.02. The van der Waals surface area contributed by atoms with Crippen LogP contribution in [0.5, 0.6) is 5.88 Å². The van der Waals surface area contributed by atoms with Crippen LogP contribution in [0.25, 0.3) is 10.4 Å². The topological polar surface area (TPSA) is 65.2 Å². The molecule has 0 radical (unpaired) electrons. The number of esters is 1. The number of hydrogen-bond acceptors (Lipinski definition) is 5. The third kappa shape index (κ3) is 2.51. The second-order valence-corrected chi connectivity index (χ2v) is 5.11. The predicted octanol–water partition coefficient (Wildman–Crippen LogP) is 2.93. The number of hydrogen-bond donors (Lipinski definition) is 1. The number of rotatable bonds is 2. The molecule has 0 atom stereocenters. The van der Waals surface area contributed by atoms with Crippen LogP contribution in [-0.2, 0) is 4.79 Å². The number of anilines is 1. The molecular formula is C13H14N2O2S. The molecule has 1 aromatic heterocycles. The van der Waals surface area contributed by atoms with Gasteiger partial charge in [0.25, 0.3) is 0 Å². The van der Waals surface area contributed by atoms with Gasteiger partial charge in [0, 0.05) is 6.92 Å². The standard InChI is InChI=1S/C13H14N2O2S/c1-7-4-5-10(6-8(7)2)11-12(17-9(3)16)15-13(14)18-11/h4-6H,1-3H3,(H2,14,15). The van der Waals surface area contributed by atoms with Gasteiger partial charge in [0.05, 0.1) is 0 Å². The summed E-state index contributed by atoms with van der Waals surface area (Å²) < 4.78 is 5.07. The van der Waals surface area contributed by atoms with E-state index in [1.54, 1.807) is 0 Å². The molecule has 0 unspecified atom stereocenters. The van der Waals surface area contributed by atoms with Crippen LogP contribution in [0, 0.1) is 13.8 Å². The highest BCUT2D eigenvalue weighted by molar-refractivity contribution is 7.19. The summed E-state index contributed by atoms with van der Waals surface area (Å²) >= 11 is 1.31. The monoisotopic (exact) mass is 262 g/mol. The average molecular weight is 262 g/mol. The fraction of sp³-hybridized carbons (Fsp3) is 0.231. The zero-order valence-electron chi connectivity index (χ0n) is 10.5. The van der Waals surface area contributed by atoms with Gasteiger partial charge in [-0.25, -0.2) is 0 Å². The molecule has 2 rings (SSSR count). The van der Waals surface area contributed by atoms with Crippen molar-refractivity contribution in [3.63, 3.8) is 0 Å². The Morgan fingerprint density at radius 3 is 2.67 bits per heavy atom. The van der Waals surface area contributed by atoms with Gasteiger partial charge in [-0.15, -0.1) is 0 Å². The van der Waals surface area contributed by atoms with Gasteiger partial charge in [-0.3, -0.25) is 4.79 Å². The van der Waals surface area contributed by atoms with Crippen molar-refractivity contribution < 1.29 is 9.53 Å². The molecular weight excluding hydrogens is 248 g/mol. The summed E-state index contributed by atoms with van der Waals surface area (Å²) in [5, 5.41) is 0.388. The summed E-state index contributed by atoms with van der Waals surface area (Å²) in [7, 11) is 0. The summed E-state index contributed by atoms with van der Waals surface area (Å²) in [6, 6.07) is 6.04. The molecule has 2 N–H and O–H groups in total. The van der Waals surface area contributed by atoms with Crippen LogP contribution in [0.1, 0.15) is 18.1 Å². The molecule has 0 aliphatic heterocycles. The number of ether oxygens (including phenoxy) is 1. The van der Waals surface area contributed by atoms with Gasteiger partial charge in [-0.2, -0.15) is 4.98 Å². The SMILES string of the molecule is CC(=O)Oc1nc(N)sc1-c1ccc(C)c(C)c1. The van der Waals surface area contributed by atoms with Crippen LogP contribution in [0.4, 0.5) is 5.13 Å². The number of aryl methyl sites for hydroxylation is 2. The molecule has 0 amide bonds. The first kappa shape index (κ1) is 12.6. The van der Waals surface area contributed by atoms with Crippen molar-refractivity contribution >= 4 is 22.4 Å². The van der Waals surface area contributed by atoms with Crippen LogP contribution in [0.2, 0.25) is 0 Å². The first-order chi connectivity index (χ1) is 8.47. The summed E-state index contributed by atoms with van der Waals surface area (Å²) in [5.41, 5.74) is 9.03. The molecule has 94 valence electrons. The van der Waals surface area contributed by atoms with Crippen molar-refractivity contribution in [1.82, 2.24) is 4.98 Å². The van der Waals surface area contributed by atoms with E-state index in [9.17, 15) is 4.79 Å². The normalized spacial score (nSPS) is 10.4. The van der Waals surface area contributed by atoms with E-state index in [1.807, 2.05) is 32.0 Å². The Morgan fingerprint density at radius 2 is 2.06 bits per heavy atom. The lowest BCUT2D eigenvalue weighted by molar-refractivity contribution is -0.132. The van der Waals surface area contributed by atoms with Crippen LogP contribution in [-0.4, -0.2) is 11.0 Å². The zero-order valence-corrected chi connectivity index (χ0v) is 11.3. The van der Waals surface area contributed by atoms with Crippen molar-refractivity contribution in [2.24, 2.45) is 0 Å². The maximum atomic E-state index is 11.0. The van der Waals surface area contributed by atoms with Crippen molar-refractivity contribution in [3.05, 3.63) is 29.3 Å². The van der Waals surface area contributed by atoms with Crippen molar-refractivity contribution in [2.45, 2.75) is 20.8 Å². The molecule has 4 nitrogen and oxygen atoms in total. The van der Waals surface area contributed by atoms with Crippen molar-refractivity contribution in [2.75, 3.05) is 5.73 Å². The Hall–Kier alpha value is -1.88. The molecule has 0 spiro atoms. The molecule has 18 heavy (non-hydrogen) atoms. The number of carbonyl (C=O) groups is 1. The Balaban J connectivity index is 2.49. The average Bonchev–Trinajstić information content (AvgIpc) is 2.62. The van der Waals surface area contributed by atoms with Gasteiger partial charge in [0.15, 0.2) is 5.13 Å². The third-order valence-corrected chi connectivity index (χ3v) is 3.54. The third-order valence-electron chi connectivity index (χ3n) is 2.62. The zero-order chi connectivity index (χ0) is 13.3. The maximum Gasteiger partial charge on any atom is 0.309 e.